The molecule has 1 aromatic rings. The van der Waals surface area contributed by atoms with Gasteiger partial charge in [-0.2, -0.15) is 0 Å². The van der Waals surface area contributed by atoms with Gasteiger partial charge in [0.15, 0.2) is 6.29 Å². The molecule has 0 radical (unpaired) electrons. The molecule has 1 fully saturated rings. The molecule has 2 unspecified atom stereocenters. The molecule has 2 rings (SSSR count). The van der Waals surface area contributed by atoms with E-state index >= 15 is 0 Å². The van der Waals surface area contributed by atoms with Gasteiger partial charge < -0.3 is 9.47 Å². The fourth-order valence-electron chi connectivity index (χ4n) is 3.33. The number of ether oxygens (including phenoxy) is 2. The highest BCUT2D eigenvalue weighted by Gasteiger charge is 2.18. The number of benzene rings is 1. The Kier molecular flexibility index (Phi) is 14.9. The zero-order valence-corrected chi connectivity index (χ0v) is 17.2. The van der Waals surface area contributed by atoms with Crippen molar-refractivity contribution < 1.29 is 14.3 Å². The quantitative estimate of drug-likeness (QED) is 0.335. The van der Waals surface area contributed by atoms with Crippen molar-refractivity contribution in [3.05, 3.63) is 48.6 Å². The Morgan fingerprint density at radius 3 is 2.15 bits per heavy atom. The van der Waals surface area contributed by atoms with Crippen LogP contribution in [0.4, 0.5) is 0 Å². The number of aldehydes is 1. The van der Waals surface area contributed by atoms with Gasteiger partial charge in [-0.3, -0.25) is 4.79 Å². The summed E-state index contributed by atoms with van der Waals surface area (Å²) in [6.07, 6.45) is 7.59. The Bertz CT molecular complexity index is 449. The molecular weight excluding hydrogens is 324 g/mol. The Hall–Kier alpha value is -1.45. The maximum atomic E-state index is 10.6. The first-order valence-corrected chi connectivity index (χ1v) is 9.86. The summed E-state index contributed by atoms with van der Waals surface area (Å²) in [6, 6.07) is 8.05. The van der Waals surface area contributed by atoms with E-state index in [1.54, 1.807) is 0 Å². The SMILES string of the molecule is C=C.CC1CCCC(Cc2ccc(C=O)cc2)C1.CCOC(C)OCC. The second kappa shape index (κ2) is 15.8. The van der Waals surface area contributed by atoms with Crippen LogP contribution < -0.4 is 0 Å². The summed E-state index contributed by atoms with van der Waals surface area (Å²) in [4.78, 5) is 10.6. The third-order valence-corrected chi connectivity index (χ3v) is 4.49. The number of carbonyl (C=O) groups excluding carboxylic acids is 1. The van der Waals surface area contributed by atoms with Gasteiger partial charge >= 0.3 is 0 Å². The van der Waals surface area contributed by atoms with E-state index in [4.69, 9.17) is 9.47 Å². The molecule has 1 saturated carbocycles. The molecule has 1 aromatic carbocycles. The van der Waals surface area contributed by atoms with Gasteiger partial charge in [-0.05, 0) is 51.0 Å². The van der Waals surface area contributed by atoms with Crippen molar-refractivity contribution in [2.24, 2.45) is 11.8 Å². The summed E-state index contributed by atoms with van der Waals surface area (Å²) in [5.74, 6) is 1.75. The van der Waals surface area contributed by atoms with E-state index in [1.807, 2.05) is 32.9 Å². The predicted octanol–water partition coefficient (Wildman–Crippen LogP) is 6.08. The standard InChI is InChI=1S/C15H20O.C6H14O2.C2H4/c1-12-3-2-4-15(9-12)10-13-5-7-14(11-16)8-6-13;1-4-7-6(3)8-5-2;1-2/h5-8,11-12,15H,2-4,9-10H2,1H3;6H,4-5H2,1-3H3;1-2H2. The third-order valence-electron chi connectivity index (χ3n) is 4.49. The van der Waals surface area contributed by atoms with Crippen LogP contribution in [0.1, 0.15) is 69.3 Å². The smallest absolute Gasteiger partial charge is 0.154 e. The highest BCUT2D eigenvalue weighted by molar-refractivity contribution is 5.74. The predicted molar refractivity (Wildman–Crippen MR) is 111 cm³/mol. The zero-order valence-electron chi connectivity index (χ0n) is 17.2. The fraction of sp³-hybridized carbons (Fsp3) is 0.609. The Morgan fingerprint density at radius 2 is 1.69 bits per heavy atom. The van der Waals surface area contributed by atoms with Gasteiger partial charge in [-0.15, -0.1) is 13.2 Å². The van der Waals surface area contributed by atoms with E-state index in [0.717, 1.165) is 36.9 Å². The Morgan fingerprint density at radius 1 is 1.12 bits per heavy atom. The normalized spacial score (nSPS) is 19.0. The molecule has 0 saturated heterocycles. The van der Waals surface area contributed by atoms with Crippen molar-refractivity contribution in [3.8, 4) is 0 Å². The summed E-state index contributed by atoms with van der Waals surface area (Å²) < 4.78 is 10.1. The van der Waals surface area contributed by atoms with Crippen molar-refractivity contribution >= 4 is 6.29 Å². The molecule has 0 heterocycles. The monoisotopic (exact) mass is 362 g/mol. The first-order valence-electron chi connectivity index (χ1n) is 9.86. The fourth-order valence-corrected chi connectivity index (χ4v) is 3.33. The number of hydrogen-bond donors (Lipinski definition) is 0. The maximum absolute atomic E-state index is 10.6. The molecule has 1 aliphatic carbocycles. The van der Waals surface area contributed by atoms with Gasteiger partial charge in [0.1, 0.15) is 6.29 Å². The van der Waals surface area contributed by atoms with E-state index in [0.29, 0.717) is 0 Å². The number of carbonyl (C=O) groups is 1. The lowest BCUT2D eigenvalue weighted by Gasteiger charge is -2.26. The number of hydrogen-bond acceptors (Lipinski definition) is 3. The molecule has 0 aromatic heterocycles. The summed E-state index contributed by atoms with van der Waals surface area (Å²) in [5.41, 5.74) is 2.16. The van der Waals surface area contributed by atoms with Crippen LogP contribution in [-0.2, 0) is 15.9 Å². The Labute approximate surface area is 160 Å². The third kappa shape index (κ3) is 11.2. The van der Waals surface area contributed by atoms with Crippen LogP contribution in [0.3, 0.4) is 0 Å². The van der Waals surface area contributed by atoms with Crippen molar-refractivity contribution in [1.29, 1.82) is 0 Å². The summed E-state index contributed by atoms with van der Waals surface area (Å²) in [5, 5.41) is 0. The van der Waals surface area contributed by atoms with Crippen LogP contribution in [0, 0.1) is 11.8 Å². The number of rotatable bonds is 7. The van der Waals surface area contributed by atoms with Crippen molar-refractivity contribution in [2.45, 2.75) is 66.1 Å². The molecule has 3 heteroatoms. The van der Waals surface area contributed by atoms with E-state index in [-0.39, 0.29) is 6.29 Å². The summed E-state index contributed by atoms with van der Waals surface area (Å²) in [7, 11) is 0. The van der Waals surface area contributed by atoms with Crippen LogP contribution >= 0.6 is 0 Å². The van der Waals surface area contributed by atoms with Crippen LogP contribution in [0.2, 0.25) is 0 Å². The van der Waals surface area contributed by atoms with Crippen LogP contribution in [0.5, 0.6) is 0 Å². The molecule has 2 atom stereocenters. The molecule has 1 aliphatic rings. The van der Waals surface area contributed by atoms with Gasteiger partial charge in [-0.25, -0.2) is 0 Å². The molecule has 3 nitrogen and oxygen atoms in total. The largest absolute Gasteiger partial charge is 0.353 e. The average molecular weight is 363 g/mol. The minimum Gasteiger partial charge on any atom is -0.353 e. The van der Waals surface area contributed by atoms with Gasteiger partial charge in [0.2, 0.25) is 0 Å². The molecule has 26 heavy (non-hydrogen) atoms. The van der Waals surface area contributed by atoms with Crippen molar-refractivity contribution in [1.82, 2.24) is 0 Å². The summed E-state index contributed by atoms with van der Waals surface area (Å²) >= 11 is 0. The minimum atomic E-state index is -0.0370. The lowest BCUT2D eigenvalue weighted by Crippen LogP contribution is -2.15. The van der Waals surface area contributed by atoms with E-state index in [9.17, 15) is 4.79 Å². The highest BCUT2D eigenvalue weighted by atomic mass is 16.7. The molecular formula is C23H38O3. The van der Waals surface area contributed by atoms with Crippen molar-refractivity contribution in [2.75, 3.05) is 13.2 Å². The molecule has 0 aliphatic heterocycles. The minimum absolute atomic E-state index is 0.0370. The lowest BCUT2D eigenvalue weighted by molar-refractivity contribution is -0.123. The van der Waals surface area contributed by atoms with Gasteiger partial charge in [-0.1, -0.05) is 50.5 Å². The van der Waals surface area contributed by atoms with E-state index in [2.05, 4.69) is 32.2 Å². The molecule has 0 bridgehead atoms. The average Bonchev–Trinajstić information content (AvgIpc) is 2.65. The van der Waals surface area contributed by atoms with Gasteiger partial charge in [0, 0.05) is 18.8 Å². The molecule has 0 amide bonds. The van der Waals surface area contributed by atoms with E-state index < -0.39 is 0 Å². The second-order valence-electron chi connectivity index (χ2n) is 6.68. The second-order valence-corrected chi connectivity index (χ2v) is 6.68. The van der Waals surface area contributed by atoms with Crippen LogP contribution in [-0.4, -0.2) is 25.8 Å². The summed E-state index contributed by atoms with van der Waals surface area (Å²) in [6.45, 7) is 15.6. The molecule has 0 spiro atoms. The molecule has 148 valence electrons. The first-order chi connectivity index (χ1) is 12.6. The lowest BCUT2D eigenvalue weighted by atomic mass is 9.79. The van der Waals surface area contributed by atoms with Crippen LogP contribution in [0.15, 0.2) is 37.4 Å². The van der Waals surface area contributed by atoms with Gasteiger partial charge in [0.25, 0.3) is 0 Å². The maximum Gasteiger partial charge on any atom is 0.154 e. The van der Waals surface area contributed by atoms with Crippen LogP contribution in [0.25, 0.3) is 0 Å². The molecule has 0 N–H and O–H groups in total. The van der Waals surface area contributed by atoms with Gasteiger partial charge in [0.05, 0.1) is 0 Å². The van der Waals surface area contributed by atoms with E-state index in [1.165, 1.54) is 37.7 Å². The highest BCUT2D eigenvalue weighted by Crippen LogP contribution is 2.30. The Balaban J connectivity index is 0.000000533. The van der Waals surface area contributed by atoms with Crippen molar-refractivity contribution in [3.63, 3.8) is 0 Å². The topological polar surface area (TPSA) is 35.5 Å². The first kappa shape index (κ1) is 24.6. The zero-order chi connectivity index (χ0) is 19.8.